The maximum Gasteiger partial charge on any atom is 0.264 e. The highest BCUT2D eigenvalue weighted by atomic mass is 32.2. The number of sulfonamides is 1. The fourth-order valence-electron chi connectivity index (χ4n) is 5.15. The van der Waals surface area contributed by atoms with Crippen molar-refractivity contribution >= 4 is 27.5 Å². The highest BCUT2D eigenvalue weighted by Gasteiger charge is 2.34. The van der Waals surface area contributed by atoms with E-state index < -0.39 is 34.3 Å². The third kappa shape index (κ3) is 9.51. The van der Waals surface area contributed by atoms with Gasteiger partial charge in [-0.25, -0.2) is 12.8 Å². The van der Waals surface area contributed by atoms with Gasteiger partial charge in [-0.2, -0.15) is 0 Å². The van der Waals surface area contributed by atoms with Crippen LogP contribution in [-0.4, -0.2) is 44.3 Å². The first kappa shape index (κ1) is 35.4. The molecule has 0 fully saturated rings. The van der Waals surface area contributed by atoms with Gasteiger partial charge in [0.2, 0.25) is 11.8 Å². The van der Waals surface area contributed by atoms with Crippen LogP contribution < -0.4 is 9.62 Å². The summed E-state index contributed by atoms with van der Waals surface area (Å²) in [5.74, 6) is -0.961. The maximum atomic E-state index is 14.5. The molecule has 0 aromatic heterocycles. The Hall–Kier alpha value is -4.50. The third-order valence-corrected chi connectivity index (χ3v) is 9.75. The van der Waals surface area contributed by atoms with Gasteiger partial charge >= 0.3 is 0 Å². The molecular formula is C38H44FN3O4S. The standard InChI is InChI=1S/C38H44FN3O4S/c1-27(2)24-40-38(44)36(23-30-9-7-6-8-10-30)41(25-31-13-17-33(39)18-14-31)37(43)26-42(34-19-15-32(16-20-34)28(3)4)47(45,46)35-21-11-29(5)12-22-35/h6-22,27-28,36H,23-26H2,1-5H3,(H,40,44)/t36-/m0/s1. The number of benzene rings is 4. The van der Waals surface area contributed by atoms with Crippen molar-refractivity contribution in [2.45, 2.75) is 64.4 Å². The van der Waals surface area contributed by atoms with Crippen LogP contribution in [0, 0.1) is 18.7 Å². The third-order valence-electron chi connectivity index (χ3n) is 7.96. The number of aryl methyl sites for hydroxylation is 1. The Labute approximate surface area is 278 Å². The van der Waals surface area contributed by atoms with Gasteiger partial charge in [-0.05, 0) is 71.8 Å². The first-order valence-electron chi connectivity index (χ1n) is 15.9. The summed E-state index contributed by atoms with van der Waals surface area (Å²) >= 11 is 0. The monoisotopic (exact) mass is 657 g/mol. The molecule has 0 aliphatic rings. The summed E-state index contributed by atoms with van der Waals surface area (Å²) in [7, 11) is -4.20. The van der Waals surface area contributed by atoms with Gasteiger partial charge in [0.15, 0.2) is 0 Å². The van der Waals surface area contributed by atoms with E-state index in [-0.39, 0.29) is 35.6 Å². The zero-order valence-corrected chi connectivity index (χ0v) is 28.5. The molecule has 9 heteroatoms. The summed E-state index contributed by atoms with van der Waals surface area (Å²) in [5, 5.41) is 2.97. The Morgan fingerprint density at radius 3 is 1.98 bits per heavy atom. The molecule has 7 nitrogen and oxygen atoms in total. The molecule has 248 valence electrons. The van der Waals surface area contributed by atoms with Crippen LogP contribution in [0.2, 0.25) is 0 Å². The second kappa shape index (κ2) is 15.9. The molecule has 0 aliphatic heterocycles. The van der Waals surface area contributed by atoms with Crippen LogP contribution in [-0.2, 0) is 32.6 Å². The molecule has 0 unspecified atom stereocenters. The number of rotatable bonds is 14. The molecule has 2 amide bonds. The predicted octanol–water partition coefficient (Wildman–Crippen LogP) is 6.87. The Kier molecular flexibility index (Phi) is 11.9. The number of hydrogen-bond acceptors (Lipinski definition) is 4. The van der Waals surface area contributed by atoms with Crippen molar-refractivity contribution in [3.05, 3.63) is 131 Å². The van der Waals surface area contributed by atoms with E-state index in [9.17, 15) is 22.4 Å². The minimum Gasteiger partial charge on any atom is -0.354 e. The molecule has 0 bridgehead atoms. The van der Waals surface area contributed by atoms with Crippen molar-refractivity contribution in [3.8, 4) is 0 Å². The van der Waals surface area contributed by atoms with Crippen LogP contribution in [0.15, 0.2) is 108 Å². The van der Waals surface area contributed by atoms with Crippen molar-refractivity contribution in [2.75, 3.05) is 17.4 Å². The molecule has 0 saturated carbocycles. The molecule has 0 aliphatic carbocycles. The number of anilines is 1. The summed E-state index contributed by atoms with van der Waals surface area (Å²) < 4.78 is 43.4. The van der Waals surface area contributed by atoms with Gasteiger partial charge in [-0.1, -0.05) is 100.0 Å². The Morgan fingerprint density at radius 1 is 0.787 bits per heavy atom. The quantitative estimate of drug-likeness (QED) is 0.161. The molecule has 0 spiro atoms. The normalized spacial score (nSPS) is 12.2. The fourth-order valence-corrected chi connectivity index (χ4v) is 6.57. The summed E-state index contributed by atoms with van der Waals surface area (Å²) in [6.07, 6.45) is 0.200. The number of nitrogens with one attached hydrogen (secondary N) is 1. The molecule has 0 heterocycles. The van der Waals surface area contributed by atoms with E-state index in [0.29, 0.717) is 17.8 Å². The van der Waals surface area contributed by atoms with Gasteiger partial charge in [0.25, 0.3) is 10.0 Å². The van der Waals surface area contributed by atoms with Gasteiger partial charge in [-0.15, -0.1) is 0 Å². The number of amides is 2. The Balaban J connectivity index is 1.80. The first-order valence-corrected chi connectivity index (χ1v) is 17.3. The van der Waals surface area contributed by atoms with E-state index in [2.05, 4.69) is 5.32 Å². The number of nitrogens with zero attached hydrogens (tertiary/aromatic N) is 2. The molecular weight excluding hydrogens is 614 g/mol. The SMILES string of the molecule is Cc1ccc(S(=O)(=O)N(CC(=O)N(Cc2ccc(F)cc2)[C@@H](Cc2ccccc2)C(=O)NCC(C)C)c2ccc(C(C)C)cc2)cc1. The second-order valence-corrected chi connectivity index (χ2v) is 14.4. The zero-order chi connectivity index (χ0) is 34.1. The first-order chi connectivity index (χ1) is 22.3. The molecule has 47 heavy (non-hydrogen) atoms. The van der Waals surface area contributed by atoms with E-state index in [1.807, 2.05) is 77.1 Å². The van der Waals surface area contributed by atoms with Gasteiger partial charge in [0.1, 0.15) is 18.4 Å². The van der Waals surface area contributed by atoms with Gasteiger partial charge in [-0.3, -0.25) is 13.9 Å². The van der Waals surface area contributed by atoms with Crippen molar-refractivity contribution < 1.29 is 22.4 Å². The van der Waals surface area contributed by atoms with Gasteiger partial charge in [0.05, 0.1) is 10.6 Å². The van der Waals surface area contributed by atoms with E-state index >= 15 is 0 Å². The topological polar surface area (TPSA) is 86.8 Å². The second-order valence-electron chi connectivity index (χ2n) is 12.6. The maximum absolute atomic E-state index is 14.5. The summed E-state index contributed by atoms with van der Waals surface area (Å²) in [5.41, 5.74) is 3.69. The van der Waals surface area contributed by atoms with Crippen molar-refractivity contribution in [2.24, 2.45) is 5.92 Å². The molecule has 4 aromatic rings. The highest BCUT2D eigenvalue weighted by molar-refractivity contribution is 7.92. The van der Waals surface area contributed by atoms with Gasteiger partial charge in [0, 0.05) is 19.5 Å². The van der Waals surface area contributed by atoms with E-state index in [0.717, 1.165) is 21.0 Å². The van der Waals surface area contributed by atoms with Crippen LogP contribution in [0.1, 0.15) is 55.9 Å². The Morgan fingerprint density at radius 2 is 1.40 bits per heavy atom. The van der Waals surface area contributed by atoms with Crippen LogP contribution >= 0.6 is 0 Å². The lowest BCUT2D eigenvalue weighted by Crippen LogP contribution is -2.53. The lowest BCUT2D eigenvalue weighted by Gasteiger charge is -2.34. The van der Waals surface area contributed by atoms with Crippen molar-refractivity contribution in [1.29, 1.82) is 0 Å². The van der Waals surface area contributed by atoms with Crippen LogP contribution in [0.5, 0.6) is 0 Å². The van der Waals surface area contributed by atoms with E-state index in [1.165, 1.54) is 29.2 Å². The van der Waals surface area contributed by atoms with E-state index in [4.69, 9.17) is 0 Å². The lowest BCUT2D eigenvalue weighted by atomic mass is 10.0. The van der Waals surface area contributed by atoms with E-state index in [1.54, 1.807) is 36.4 Å². The number of carbonyl (C=O) groups excluding carboxylic acids is 2. The van der Waals surface area contributed by atoms with Crippen molar-refractivity contribution in [1.82, 2.24) is 10.2 Å². The molecule has 0 radical (unpaired) electrons. The Bertz CT molecular complexity index is 1720. The highest BCUT2D eigenvalue weighted by Crippen LogP contribution is 2.27. The minimum atomic E-state index is -4.20. The lowest BCUT2D eigenvalue weighted by molar-refractivity contribution is -0.140. The molecule has 1 atom stereocenters. The minimum absolute atomic E-state index is 0.0313. The van der Waals surface area contributed by atoms with Gasteiger partial charge < -0.3 is 10.2 Å². The molecule has 0 saturated heterocycles. The fraction of sp³-hybridized carbons (Fsp3) is 0.316. The number of halogens is 1. The molecule has 1 N–H and O–H groups in total. The van der Waals surface area contributed by atoms with Crippen molar-refractivity contribution in [3.63, 3.8) is 0 Å². The largest absolute Gasteiger partial charge is 0.354 e. The number of carbonyl (C=O) groups is 2. The average Bonchev–Trinajstić information content (AvgIpc) is 3.05. The van der Waals surface area contributed by atoms with Crippen LogP contribution in [0.4, 0.5) is 10.1 Å². The summed E-state index contributed by atoms with van der Waals surface area (Å²) in [6.45, 7) is 9.73. The zero-order valence-electron chi connectivity index (χ0n) is 27.7. The predicted molar refractivity (Wildman–Crippen MR) is 185 cm³/mol. The van der Waals surface area contributed by atoms with Crippen LogP contribution in [0.3, 0.4) is 0 Å². The summed E-state index contributed by atoms with van der Waals surface area (Å²) in [6, 6.07) is 27.7. The number of hydrogen-bond donors (Lipinski definition) is 1. The summed E-state index contributed by atoms with van der Waals surface area (Å²) in [4.78, 5) is 29.9. The molecule has 4 aromatic carbocycles. The smallest absolute Gasteiger partial charge is 0.264 e. The molecule has 4 rings (SSSR count). The van der Waals surface area contributed by atoms with Crippen LogP contribution in [0.25, 0.3) is 0 Å². The average molecular weight is 658 g/mol.